The molecule has 0 aromatic rings. The van der Waals surface area contributed by atoms with Crippen molar-refractivity contribution in [2.45, 2.75) is 45.4 Å². The summed E-state index contributed by atoms with van der Waals surface area (Å²) in [5.41, 5.74) is 0. The van der Waals surface area contributed by atoms with Crippen LogP contribution in [0.25, 0.3) is 0 Å². The average molecular weight is 256 g/mol. The molecule has 0 radical (unpaired) electrons. The Labute approximate surface area is 117 Å². The van der Waals surface area contributed by atoms with Crippen LogP contribution < -0.4 is 0 Å². The minimum atomic E-state index is 0.708. The van der Waals surface area contributed by atoms with E-state index in [9.17, 15) is 4.79 Å². The summed E-state index contributed by atoms with van der Waals surface area (Å²) in [5, 5.41) is 0. The van der Waals surface area contributed by atoms with Gasteiger partial charge in [-0.2, -0.15) is 0 Å². The molecule has 0 amide bonds. The predicted molar refractivity (Wildman–Crippen MR) is 83.8 cm³/mol. The van der Waals surface area contributed by atoms with Crippen LogP contribution in [-0.4, -0.2) is 6.29 Å². The summed E-state index contributed by atoms with van der Waals surface area (Å²) in [6.07, 6.45) is 23.1. The second-order valence-corrected chi connectivity index (χ2v) is 4.12. The van der Waals surface area contributed by atoms with Crippen LogP contribution in [0.5, 0.6) is 0 Å². The van der Waals surface area contributed by atoms with Gasteiger partial charge in [0.2, 0.25) is 0 Å². The topological polar surface area (TPSA) is 17.1 Å². The van der Waals surface area contributed by atoms with Crippen molar-refractivity contribution in [3.63, 3.8) is 0 Å². The molecule has 0 aromatic heterocycles. The van der Waals surface area contributed by atoms with Gasteiger partial charge in [0.1, 0.15) is 6.29 Å². The van der Waals surface area contributed by atoms with Gasteiger partial charge in [0.25, 0.3) is 0 Å². The molecule has 0 aliphatic rings. The summed E-state index contributed by atoms with van der Waals surface area (Å²) in [5.74, 6) is 5.85. The van der Waals surface area contributed by atoms with Gasteiger partial charge in [-0.1, -0.05) is 61.1 Å². The van der Waals surface area contributed by atoms with Crippen LogP contribution >= 0.6 is 0 Å². The highest BCUT2D eigenvalue weighted by Gasteiger charge is 1.87. The zero-order valence-electron chi connectivity index (χ0n) is 11.8. The van der Waals surface area contributed by atoms with Crippen LogP contribution in [0.1, 0.15) is 45.4 Å². The lowest BCUT2D eigenvalue weighted by Crippen LogP contribution is -1.78. The second-order valence-electron chi connectivity index (χ2n) is 4.12. The Morgan fingerprint density at radius 2 is 1.42 bits per heavy atom. The van der Waals surface area contributed by atoms with Crippen LogP contribution in [0.4, 0.5) is 0 Å². The van der Waals surface area contributed by atoms with Crippen molar-refractivity contribution in [1.82, 2.24) is 0 Å². The van der Waals surface area contributed by atoms with Gasteiger partial charge in [-0.3, -0.25) is 0 Å². The molecule has 19 heavy (non-hydrogen) atoms. The van der Waals surface area contributed by atoms with E-state index in [1.165, 1.54) is 12.8 Å². The highest BCUT2D eigenvalue weighted by molar-refractivity contribution is 5.48. The summed E-state index contributed by atoms with van der Waals surface area (Å²) in [7, 11) is 0. The number of rotatable bonds is 9. The van der Waals surface area contributed by atoms with E-state index in [1.54, 1.807) is 0 Å². The molecular formula is C18H24O. The lowest BCUT2D eigenvalue weighted by atomic mass is 10.1. The number of hydrogen-bond donors (Lipinski definition) is 0. The van der Waals surface area contributed by atoms with Gasteiger partial charge >= 0.3 is 0 Å². The molecule has 1 heteroatoms. The third kappa shape index (κ3) is 16.2. The van der Waals surface area contributed by atoms with Gasteiger partial charge in [0.05, 0.1) is 0 Å². The minimum absolute atomic E-state index is 0.708. The van der Waals surface area contributed by atoms with E-state index in [2.05, 4.69) is 17.9 Å². The van der Waals surface area contributed by atoms with Crippen LogP contribution in [0.15, 0.2) is 48.6 Å². The molecule has 0 saturated carbocycles. The van der Waals surface area contributed by atoms with Crippen molar-refractivity contribution < 1.29 is 4.79 Å². The van der Waals surface area contributed by atoms with Crippen molar-refractivity contribution in [3.05, 3.63) is 48.6 Å². The van der Waals surface area contributed by atoms with Crippen LogP contribution in [0, 0.1) is 11.8 Å². The third-order valence-corrected chi connectivity index (χ3v) is 2.44. The molecule has 0 aromatic carbocycles. The molecular weight excluding hydrogens is 232 g/mol. The van der Waals surface area contributed by atoms with Crippen molar-refractivity contribution in [1.29, 1.82) is 0 Å². The molecule has 1 nitrogen and oxygen atoms in total. The van der Waals surface area contributed by atoms with Gasteiger partial charge < -0.3 is 4.79 Å². The fourth-order valence-corrected chi connectivity index (χ4v) is 1.43. The summed E-state index contributed by atoms with van der Waals surface area (Å²) >= 11 is 0. The zero-order valence-corrected chi connectivity index (χ0v) is 11.8. The first-order valence-electron chi connectivity index (χ1n) is 6.96. The molecule has 0 spiro atoms. The van der Waals surface area contributed by atoms with Gasteiger partial charge in [-0.15, -0.1) is 0 Å². The normalized spacial score (nSPS) is 11.6. The SMILES string of the molecule is C/C=C/C=C/C#C/C=C/C=C/CCCCCCC=O. The molecule has 0 N–H and O–H groups in total. The van der Waals surface area contributed by atoms with Crippen molar-refractivity contribution >= 4 is 6.29 Å². The van der Waals surface area contributed by atoms with Gasteiger partial charge in [-0.05, 0) is 38.3 Å². The Bertz CT molecular complexity index is 372. The van der Waals surface area contributed by atoms with E-state index in [0.717, 1.165) is 25.5 Å². The smallest absolute Gasteiger partial charge is 0.119 e. The standard InChI is InChI=1S/C18H24O/c1-2-3-4-5-6-7-8-9-10-11-12-13-14-15-16-17-18-19/h2-5,8-11,18H,12-17H2,1H3/b3-2+,5-4+,9-8+,11-10+. The van der Waals surface area contributed by atoms with E-state index in [0.29, 0.717) is 6.42 Å². The van der Waals surface area contributed by atoms with Crippen LogP contribution in [-0.2, 0) is 4.79 Å². The lowest BCUT2D eigenvalue weighted by molar-refractivity contribution is -0.107. The van der Waals surface area contributed by atoms with Crippen LogP contribution in [0.2, 0.25) is 0 Å². The lowest BCUT2D eigenvalue weighted by Gasteiger charge is -1.94. The maximum Gasteiger partial charge on any atom is 0.119 e. The quantitative estimate of drug-likeness (QED) is 0.251. The maximum absolute atomic E-state index is 10.1. The van der Waals surface area contributed by atoms with Gasteiger partial charge in [0.15, 0.2) is 0 Å². The fourth-order valence-electron chi connectivity index (χ4n) is 1.43. The summed E-state index contributed by atoms with van der Waals surface area (Å²) in [6, 6.07) is 0. The molecule has 0 atom stereocenters. The van der Waals surface area contributed by atoms with Gasteiger partial charge in [0, 0.05) is 6.42 Å². The Morgan fingerprint density at radius 3 is 2.05 bits per heavy atom. The van der Waals surface area contributed by atoms with Crippen molar-refractivity contribution in [2.24, 2.45) is 0 Å². The first-order chi connectivity index (χ1) is 9.41. The number of aldehydes is 1. The van der Waals surface area contributed by atoms with E-state index in [-0.39, 0.29) is 0 Å². The predicted octanol–water partition coefficient (Wildman–Crippen LogP) is 4.77. The Hall–Kier alpha value is -1.81. The van der Waals surface area contributed by atoms with Crippen LogP contribution in [0.3, 0.4) is 0 Å². The molecule has 0 aliphatic heterocycles. The molecule has 0 heterocycles. The molecule has 0 aliphatic carbocycles. The number of hydrogen-bond acceptors (Lipinski definition) is 1. The highest BCUT2D eigenvalue weighted by atomic mass is 16.1. The minimum Gasteiger partial charge on any atom is -0.303 e. The number of carbonyl (C=O) groups excluding carboxylic acids is 1. The Kier molecular flexibility index (Phi) is 14.6. The van der Waals surface area contributed by atoms with Gasteiger partial charge in [-0.25, -0.2) is 0 Å². The zero-order chi connectivity index (χ0) is 14.0. The summed E-state index contributed by atoms with van der Waals surface area (Å²) in [4.78, 5) is 10.1. The Morgan fingerprint density at radius 1 is 0.789 bits per heavy atom. The third-order valence-electron chi connectivity index (χ3n) is 2.44. The fraction of sp³-hybridized carbons (Fsp3) is 0.389. The second kappa shape index (κ2) is 16.2. The molecule has 0 bridgehead atoms. The number of allylic oxidation sites excluding steroid dienone is 8. The molecule has 0 unspecified atom stereocenters. The average Bonchev–Trinajstić information content (AvgIpc) is 2.43. The monoisotopic (exact) mass is 256 g/mol. The van der Waals surface area contributed by atoms with E-state index in [4.69, 9.17) is 0 Å². The molecule has 0 rings (SSSR count). The summed E-state index contributed by atoms with van der Waals surface area (Å²) in [6.45, 7) is 1.98. The van der Waals surface area contributed by atoms with E-state index in [1.807, 2.05) is 49.5 Å². The largest absolute Gasteiger partial charge is 0.303 e. The number of carbonyl (C=O) groups is 1. The van der Waals surface area contributed by atoms with E-state index < -0.39 is 0 Å². The molecule has 102 valence electrons. The van der Waals surface area contributed by atoms with E-state index >= 15 is 0 Å². The highest BCUT2D eigenvalue weighted by Crippen LogP contribution is 2.04. The van der Waals surface area contributed by atoms with Crippen molar-refractivity contribution in [2.75, 3.05) is 0 Å². The maximum atomic E-state index is 10.1. The first-order valence-corrected chi connectivity index (χ1v) is 6.96. The molecule has 0 saturated heterocycles. The Balaban J connectivity index is 3.49. The molecule has 0 fully saturated rings. The van der Waals surface area contributed by atoms with Crippen molar-refractivity contribution in [3.8, 4) is 11.8 Å². The first kappa shape index (κ1) is 17.2. The number of unbranched alkanes of at least 4 members (excludes halogenated alkanes) is 5. The summed E-state index contributed by atoms with van der Waals surface area (Å²) < 4.78 is 0.